The average molecular weight is 520 g/mol. The van der Waals surface area contributed by atoms with Crippen LogP contribution in [0, 0.1) is 19.8 Å². The van der Waals surface area contributed by atoms with Gasteiger partial charge in [-0.2, -0.15) is 5.10 Å². The molecule has 10 nitrogen and oxygen atoms in total. The lowest BCUT2D eigenvalue weighted by atomic mass is 10.0. The standard InChI is InChI=1S/C28H37N7O3/c1-17-4-3-5-22(18(17)2)32-10-12-33(13-11-32)24(36)16-35-23-15-19-14-21(19)25(23)26(31-35)27(37)34-8-6-20(7-9-34)30-28(29)38/h3-5,19-21H,6-16H2,1-2H3,(H3,29,30,38)/t19-,21-/m1/s1. The molecule has 3 heterocycles. The second-order valence-corrected chi connectivity index (χ2v) is 11.3. The Balaban J connectivity index is 1.11. The van der Waals surface area contributed by atoms with E-state index in [4.69, 9.17) is 10.8 Å². The lowest BCUT2D eigenvalue weighted by Gasteiger charge is -2.37. The number of aryl methyl sites for hydroxylation is 1. The molecule has 0 bridgehead atoms. The third-order valence-corrected chi connectivity index (χ3v) is 9.01. The van der Waals surface area contributed by atoms with Gasteiger partial charge in [-0.3, -0.25) is 14.3 Å². The number of hydrogen-bond acceptors (Lipinski definition) is 5. The molecule has 6 rings (SSSR count). The van der Waals surface area contributed by atoms with Crippen LogP contribution in [0.25, 0.3) is 0 Å². The molecule has 2 saturated heterocycles. The molecule has 2 aromatic rings. The third kappa shape index (κ3) is 4.50. The smallest absolute Gasteiger partial charge is 0.312 e. The van der Waals surface area contributed by atoms with E-state index in [-0.39, 0.29) is 24.4 Å². The van der Waals surface area contributed by atoms with Gasteiger partial charge in [0, 0.05) is 62.3 Å². The van der Waals surface area contributed by atoms with E-state index in [0.717, 1.165) is 37.2 Å². The topological polar surface area (TPSA) is 117 Å². The molecule has 3 fully saturated rings. The van der Waals surface area contributed by atoms with Crippen molar-refractivity contribution in [3.63, 3.8) is 0 Å². The number of piperazine rings is 1. The fraction of sp³-hybridized carbons (Fsp3) is 0.571. The summed E-state index contributed by atoms with van der Waals surface area (Å²) in [6, 6.07) is 5.86. The molecule has 0 radical (unpaired) electrons. The van der Waals surface area contributed by atoms with Crippen molar-refractivity contribution in [2.45, 2.75) is 58.0 Å². The van der Waals surface area contributed by atoms with E-state index < -0.39 is 6.03 Å². The van der Waals surface area contributed by atoms with Crippen LogP contribution < -0.4 is 16.0 Å². The fourth-order valence-electron chi connectivity index (χ4n) is 6.56. The van der Waals surface area contributed by atoms with Crippen LogP contribution in [-0.2, 0) is 17.8 Å². The van der Waals surface area contributed by atoms with Crippen molar-refractivity contribution in [1.82, 2.24) is 24.9 Å². The zero-order valence-corrected chi connectivity index (χ0v) is 22.3. The highest BCUT2D eigenvalue weighted by Gasteiger charge is 2.50. The largest absolute Gasteiger partial charge is 0.368 e. The summed E-state index contributed by atoms with van der Waals surface area (Å²) >= 11 is 0. The Morgan fingerprint density at radius 3 is 2.47 bits per heavy atom. The van der Waals surface area contributed by atoms with Crippen molar-refractivity contribution in [2.75, 3.05) is 44.2 Å². The van der Waals surface area contributed by atoms with Gasteiger partial charge in [0.2, 0.25) is 5.91 Å². The predicted molar refractivity (Wildman–Crippen MR) is 143 cm³/mol. The Morgan fingerprint density at radius 2 is 1.76 bits per heavy atom. The average Bonchev–Trinajstić information content (AvgIpc) is 3.43. The van der Waals surface area contributed by atoms with Crippen LogP contribution >= 0.6 is 0 Å². The number of anilines is 1. The fourth-order valence-corrected chi connectivity index (χ4v) is 6.56. The number of fused-ring (bicyclic) bond motifs is 3. The van der Waals surface area contributed by atoms with Gasteiger partial charge in [-0.1, -0.05) is 12.1 Å². The molecule has 1 aromatic carbocycles. The number of hydrogen-bond donors (Lipinski definition) is 2. The van der Waals surface area contributed by atoms with Crippen LogP contribution in [0.1, 0.15) is 58.1 Å². The van der Waals surface area contributed by atoms with Crippen LogP contribution in [0.4, 0.5) is 10.5 Å². The van der Waals surface area contributed by atoms with Crippen molar-refractivity contribution in [2.24, 2.45) is 11.7 Å². The molecule has 10 heteroatoms. The number of primary amides is 1. The maximum atomic E-state index is 13.5. The quantitative estimate of drug-likeness (QED) is 0.625. The van der Waals surface area contributed by atoms with Crippen LogP contribution in [0.2, 0.25) is 0 Å². The van der Waals surface area contributed by atoms with E-state index in [9.17, 15) is 14.4 Å². The van der Waals surface area contributed by atoms with Gasteiger partial charge in [-0.05, 0) is 68.6 Å². The molecule has 4 aliphatic rings. The normalized spacial score (nSPS) is 22.7. The van der Waals surface area contributed by atoms with E-state index in [1.165, 1.54) is 16.8 Å². The Bertz CT molecular complexity index is 1270. The SMILES string of the molecule is Cc1cccc(N2CCN(C(=O)Cn3nc(C(=O)N4CCC(NC(N)=O)CC4)c4c3C[C@H]3C[C@@H]43)CC2)c1C. The lowest BCUT2D eigenvalue weighted by molar-refractivity contribution is -0.132. The minimum Gasteiger partial charge on any atom is -0.368 e. The minimum atomic E-state index is -0.525. The molecule has 2 aliphatic carbocycles. The second kappa shape index (κ2) is 9.63. The van der Waals surface area contributed by atoms with Crippen LogP contribution in [-0.4, -0.2) is 82.7 Å². The molecule has 0 unspecified atom stereocenters. The number of amides is 4. The number of nitrogens with zero attached hydrogens (tertiary/aromatic N) is 5. The number of rotatable bonds is 5. The zero-order chi connectivity index (χ0) is 26.6. The molecule has 0 spiro atoms. The summed E-state index contributed by atoms with van der Waals surface area (Å²) in [5.74, 6) is 0.999. The van der Waals surface area contributed by atoms with E-state index >= 15 is 0 Å². The molecule has 2 aliphatic heterocycles. The Hall–Kier alpha value is -3.56. The monoisotopic (exact) mass is 519 g/mol. The van der Waals surface area contributed by atoms with E-state index in [0.29, 0.717) is 56.6 Å². The summed E-state index contributed by atoms with van der Waals surface area (Å²) in [6.45, 7) is 8.57. The van der Waals surface area contributed by atoms with Gasteiger partial charge in [-0.15, -0.1) is 0 Å². The maximum absolute atomic E-state index is 13.5. The second-order valence-electron chi connectivity index (χ2n) is 11.3. The van der Waals surface area contributed by atoms with E-state index in [2.05, 4.69) is 42.3 Å². The van der Waals surface area contributed by atoms with E-state index in [1.54, 1.807) is 0 Å². The van der Waals surface area contributed by atoms with Gasteiger partial charge in [0.05, 0.1) is 0 Å². The predicted octanol–water partition coefficient (Wildman–Crippen LogP) is 1.78. The number of piperidine rings is 1. The maximum Gasteiger partial charge on any atom is 0.312 e. The number of nitrogens with two attached hydrogens (primary N) is 1. The Morgan fingerprint density at radius 1 is 1.03 bits per heavy atom. The number of nitrogens with one attached hydrogen (secondary N) is 1. The van der Waals surface area contributed by atoms with Gasteiger partial charge < -0.3 is 25.8 Å². The van der Waals surface area contributed by atoms with Crippen molar-refractivity contribution >= 4 is 23.5 Å². The van der Waals surface area contributed by atoms with Crippen molar-refractivity contribution < 1.29 is 14.4 Å². The molecule has 202 valence electrons. The van der Waals surface area contributed by atoms with Crippen LogP contribution in [0.5, 0.6) is 0 Å². The van der Waals surface area contributed by atoms with Crippen LogP contribution in [0.3, 0.4) is 0 Å². The molecule has 1 aromatic heterocycles. The lowest BCUT2D eigenvalue weighted by Crippen LogP contribution is -2.50. The molecular formula is C28H37N7O3. The first-order valence-electron chi connectivity index (χ1n) is 13.8. The molecule has 38 heavy (non-hydrogen) atoms. The highest BCUT2D eigenvalue weighted by molar-refractivity contribution is 5.95. The molecule has 1 saturated carbocycles. The van der Waals surface area contributed by atoms with Crippen LogP contribution in [0.15, 0.2) is 18.2 Å². The summed E-state index contributed by atoms with van der Waals surface area (Å²) in [4.78, 5) is 44.1. The van der Waals surface area contributed by atoms with Crippen molar-refractivity contribution in [3.8, 4) is 0 Å². The van der Waals surface area contributed by atoms with Crippen molar-refractivity contribution in [3.05, 3.63) is 46.3 Å². The summed E-state index contributed by atoms with van der Waals surface area (Å²) < 4.78 is 1.82. The summed E-state index contributed by atoms with van der Waals surface area (Å²) in [6.07, 6.45) is 3.36. The van der Waals surface area contributed by atoms with Gasteiger partial charge in [0.1, 0.15) is 6.54 Å². The first kappa shape index (κ1) is 24.8. The Labute approximate surface area is 223 Å². The highest BCUT2D eigenvalue weighted by atomic mass is 16.2. The summed E-state index contributed by atoms with van der Waals surface area (Å²) in [5, 5.41) is 7.49. The molecule has 3 N–H and O–H groups in total. The number of carbonyl (C=O) groups is 3. The van der Waals surface area contributed by atoms with Gasteiger partial charge in [-0.25, -0.2) is 4.79 Å². The summed E-state index contributed by atoms with van der Waals surface area (Å²) in [5.41, 5.74) is 11.8. The minimum absolute atomic E-state index is 0.000512. The van der Waals surface area contributed by atoms with Gasteiger partial charge >= 0.3 is 6.03 Å². The van der Waals surface area contributed by atoms with Gasteiger partial charge in [0.25, 0.3) is 5.91 Å². The number of urea groups is 1. The zero-order valence-electron chi connectivity index (χ0n) is 22.3. The highest BCUT2D eigenvalue weighted by Crippen LogP contribution is 2.57. The third-order valence-electron chi connectivity index (χ3n) is 9.01. The summed E-state index contributed by atoms with van der Waals surface area (Å²) in [7, 11) is 0. The number of aromatic nitrogens is 2. The first-order chi connectivity index (χ1) is 18.3. The first-order valence-corrected chi connectivity index (χ1v) is 13.8. The van der Waals surface area contributed by atoms with Crippen molar-refractivity contribution in [1.29, 1.82) is 0 Å². The molecular weight excluding hydrogens is 482 g/mol. The van der Waals surface area contributed by atoms with Gasteiger partial charge in [0.15, 0.2) is 5.69 Å². The number of benzene rings is 1. The Kier molecular flexibility index (Phi) is 6.28. The number of likely N-dealkylation sites (tertiary alicyclic amines) is 1. The molecule has 4 amide bonds. The van der Waals surface area contributed by atoms with E-state index in [1.807, 2.05) is 14.5 Å². The number of carbonyl (C=O) groups excluding carboxylic acids is 3. The molecule has 2 atom stereocenters.